The van der Waals surface area contributed by atoms with Crippen LogP contribution in [0.1, 0.15) is 34.7 Å². The van der Waals surface area contributed by atoms with Crippen LogP contribution in [0, 0.1) is 0 Å². The first-order chi connectivity index (χ1) is 8.23. The fourth-order valence-electron chi connectivity index (χ4n) is 2.02. The van der Waals surface area contributed by atoms with Crippen molar-refractivity contribution in [1.29, 1.82) is 0 Å². The SMILES string of the molecule is CC1(C)Cn2cc(C(N)=O)c(=O)c(O)c2C(=O)N1. The van der Waals surface area contributed by atoms with Crippen LogP contribution in [0.2, 0.25) is 0 Å². The van der Waals surface area contributed by atoms with Crippen molar-refractivity contribution in [2.75, 3.05) is 0 Å². The van der Waals surface area contributed by atoms with E-state index in [1.165, 1.54) is 10.8 Å². The summed E-state index contributed by atoms with van der Waals surface area (Å²) in [5, 5.41) is 12.4. The van der Waals surface area contributed by atoms with E-state index in [9.17, 15) is 19.5 Å². The quantitative estimate of drug-likeness (QED) is 0.604. The number of carbonyl (C=O) groups excluding carboxylic acids is 2. The summed E-state index contributed by atoms with van der Waals surface area (Å²) in [6.07, 6.45) is 1.21. The Morgan fingerprint density at radius 3 is 2.67 bits per heavy atom. The molecule has 1 aromatic rings. The van der Waals surface area contributed by atoms with Crippen LogP contribution in [0.4, 0.5) is 0 Å². The Labute approximate surface area is 102 Å². The lowest BCUT2D eigenvalue weighted by molar-refractivity contribution is 0.0851. The lowest BCUT2D eigenvalue weighted by Gasteiger charge is -2.34. The Kier molecular flexibility index (Phi) is 2.42. The van der Waals surface area contributed by atoms with Crippen molar-refractivity contribution in [3.05, 3.63) is 27.7 Å². The molecule has 0 saturated carbocycles. The molecular weight excluding hydrogens is 238 g/mol. The topological polar surface area (TPSA) is 114 Å². The van der Waals surface area contributed by atoms with Crippen LogP contribution in [-0.4, -0.2) is 27.0 Å². The predicted molar refractivity (Wildman–Crippen MR) is 62.4 cm³/mol. The van der Waals surface area contributed by atoms with Crippen molar-refractivity contribution in [1.82, 2.24) is 9.88 Å². The van der Waals surface area contributed by atoms with Crippen molar-refractivity contribution in [3.63, 3.8) is 0 Å². The summed E-state index contributed by atoms with van der Waals surface area (Å²) in [5.41, 5.74) is 3.11. The molecule has 7 heteroatoms. The number of nitrogens with two attached hydrogens (primary N) is 1. The largest absolute Gasteiger partial charge is 0.503 e. The highest BCUT2D eigenvalue weighted by molar-refractivity contribution is 5.98. The van der Waals surface area contributed by atoms with Crippen molar-refractivity contribution in [2.24, 2.45) is 5.73 Å². The Morgan fingerprint density at radius 2 is 2.11 bits per heavy atom. The number of nitrogens with one attached hydrogen (secondary N) is 1. The van der Waals surface area contributed by atoms with Gasteiger partial charge in [-0.1, -0.05) is 0 Å². The molecule has 0 saturated heterocycles. The minimum atomic E-state index is -0.936. The van der Waals surface area contributed by atoms with Gasteiger partial charge in [0.05, 0.1) is 5.54 Å². The second-order valence-corrected chi connectivity index (χ2v) is 4.90. The maximum atomic E-state index is 11.8. The summed E-state index contributed by atoms with van der Waals surface area (Å²) in [6, 6.07) is 0. The minimum Gasteiger partial charge on any atom is -0.503 e. The third-order valence-electron chi connectivity index (χ3n) is 2.75. The molecule has 7 nitrogen and oxygen atoms in total. The number of rotatable bonds is 1. The van der Waals surface area contributed by atoms with Crippen molar-refractivity contribution < 1.29 is 14.7 Å². The molecular formula is C11H13N3O4. The average molecular weight is 251 g/mol. The number of aromatic hydroxyl groups is 1. The Morgan fingerprint density at radius 1 is 1.50 bits per heavy atom. The first kappa shape index (κ1) is 12.2. The van der Waals surface area contributed by atoms with Gasteiger partial charge in [-0.3, -0.25) is 14.4 Å². The van der Waals surface area contributed by atoms with Crippen LogP contribution in [0.5, 0.6) is 5.75 Å². The molecule has 1 aromatic heterocycles. The van der Waals surface area contributed by atoms with Crippen molar-refractivity contribution in [3.8, 4) is 5.75 Å². The van der Waals surface area contributed by atoms with Gasteiger partial charge in [0.2, 0.25) is 5.43 Å². The van der Waals surface area contributed by atoms with Gasteiger partial charge < -0.3 is 20.7 Å². The lowest BCUT2D eigenvalue weighted by Crippen LogP contribution is -2.52. The first-order valence-electron chi connectivity index (χ1n) is 5.31. The third-order valence-corrected chi connectivity index (χ3v) is 2.75. The zero-order valence-electron chi connectivity index (χ0n) is 9.98. The number of hydrogen-bond donors (Lipinski definition) is 3. The van der Waals surface area contributed by atoms with Crippen LogP contribution in [0.15, 0.2) is 11.0 Å². The Bertz CT molecular complexity index is 615. The number of aromatic nitrogens is 1. The zero-order chi connectivity index (χ0) is 13.7. The molecule has 0 fully saturated rings. The molecule has 2 rings (SSSR count). The van der Waals surface area contributed by atoms with E-state index >= 15 is 0 Å². The summed E-state index contributed by atoms with van der Waals surface area (Å²) in [5.74, 6) is -2.24. The molecule has 1 aliphatic heterocycles. The lowest BCUT2D eigenvalue weighted by atomic mass is 10.0. The molecule has 0 bridgehead atoms. The van der Waals surface area contributed by atoms with Crippen LogP contribution < -0.4 is 16.5 Å². The van der Waals surface area contributed by atoms with Crippen LogP contribution >= 0.6 is 0 Å². The molecule has 2 heterocycles. The molecule has 0 unspecified atom stereocenters. The van der Waals surface area contributed by atoms with Crippen LogP contribution in [0.25, 0.3) is 0 Å². The summed E-state index contributed by atoms with van der Waals surface area (Å²) in [6.45, 7) is 3.89. The van der Waals surface area contributed by atoms with E-state index in [-0.39, 0.29) is 11.3 Å². The highest BCUT2D eigenvalue weighted by Gasteiger charge is 2.33. The van der Waals surface area contributed by atoms with Gasteiger partial charge in [0.25, 0.3) is 11.8 Å². The number of amides is 2. The molecule has 0 spiro atoms. The van der Waals surface area contributed by atoms with Crippen molar-refractivity contribution >= 4 is 11.8 Å². The van der Waals surface area contributed by atoms with Gasteiger partial charge >= 0.3 is 0 Å². The van der Waals surface area contributed by atoms with Crippen molar-refractivity contribution in [2.45, 2.75) is 25.9 Å². The number of pyridine rings is 1. The molecule has 1 aliphatic rings. The van der Waals surface area contributed by atoms with E-state index in [2.05, 4.69) is 5.32 Å². The maximum Gasteiger partial charge on any atom is 0.272 e. The Hall–Kier alpha value is -2.31. The van der Waals surface area contributed by atoms with Gasteiger partial charge in [0.1, 0.15) is 5.56 Å². The summed E-state index contributed by atoms with van der Waals surface area (Å²) < 4.78 is 1.37. The molecule has 0 aliphatic carbocycles. The summed E-state index contributed by atoms with van der Waals surface area (Å²) in [4.78, 5) is 34.6. The molecule has 0 aromatic carbocycles. The van der Waals surface area contributed by atoms with E-state index in [0.717, 1.165) is 0 Å². The van der Waals surface area contributed by atoms with Crippen LogP contribution in [-0.2, 0) is 6.54 Å². The molecule has 0 radical (unpaired) electrons. The number of primary amides is 1. The minimum absolute atomic E-state index is 0.149. The summed E-state index contributed by atoms with van der Waals surface area (Å²) in [7, 11) is 0. The van der Waals surface area contributed by atoms with Gasteiger partial charge in [-0.2, -0.15) is 0 Å². The number of fused-ring (bicyclic) bond motifs is 1. The van der Waals surface area contributed by atoms with E-state index in [0.29, 0.717) is 6.54 Å². The second kappa shape index (κ2) is 3.59. The van der Waals surface area contributed by atoms with E-state index in [1.54, 1.807) is 13.8 Å². The molecule has 18 heavy (non-hydrogen) atoms. The second-order valence-electron chi connectivity index (χ2n) is 4.90. The molecule has 2 amide bonds. The molecule has 96 valence electrons. The monoisotopic (exact) mass is 251 g/mol. The highest BCUT2D eigenvalue weighted by atomic mass is 16.3. The zero-order valence-corrected chi connectivity index (χ0v) is 9.98. The van der Waals surface area contributed by atoms with Gasteiger partial charge in [-0.05, 0) is 13.8 Å². The third kappa shape index (κ3) is 1.73. The van der Waals surface area contributed by atoms with Gasteiger partial charge in [0.15, 0.2) is 11.4 Å². The maximum absolute atomic E-state index is 11.8. The number of nitrogens with zero attached hydrogens (tertiary/aromatic N) is 1. The number of carbonyl (C=O) groups is 2. The molecule has 4 N–H and O–H groups in total. The summed E-state index contributed by atoms with van der Waals surface area (Å²) >= 11 is 0. The van der Waals surface area contributed by atoms with E-state index in [4.69, 9.17) is 5.73 Å². The van der Waals surface area contributed by atoms with Gasteiger partial charge in [-0.15, -0.1) is 0 Å². The van der Waals surface area contributed by atoms with Gasteiger partial charge in [-0.25, -0.2) is 0 Å². The van der Waals surface area contributed by atoms with Gasteiger partial charge in [0, 0.05) is 12.7 Å². The van der Waals surface area contributed by atoms with E-state index in [1.807, 2.05) is 0 Å². The highest BCUT2D eigenvalue weighted by Crippen LogP contribution is 2.21. The fraction of sp³-hybridized carbons (Fsp3) is 0.364. The smallest absolute Gasteiger partial charge is 0.272 e. The van der Waals surface area contributed by atoms with E-state index < -0.39 is 28.5 Å². The normalized spacial score (nSPS) is 16.9. The first-order valence-corrected chi connectivity index (χ1v) is 5.31. The van der Waals surface area contributed by atoms with Crippen LogP contribution in [0.3, 0.4) is 0 Å². The fourth-order valence-corrected chi connectivity index (χ4v) is 2.02. The average Bonchev–Trinajstić information content (AvgIpc) is 2.20. The Balaban J connectivity index is 2.74. The standard InChI is InChI=1S/C11H13N3O4/c1-11(2)4-14-3-5(9(12)17)7(15)8(16)6(14)10(18)13-11/h3,16H,4H2,1-2H3,(H2,12,17)(H,13,18). The molecule has 0 atom stereocenters. The number of hydrogen-bond acceptors (Lipinski definition) is 4. The predicted octanol–water partition coefficient (Wildman–Crippen LogP) is -0.825.